The number of hydrogen-bond acceptors (Lipinski definition) is 5. The third kappa shape index (κ3) is 2.70. The maximum Gasteiger partial charge on any atom is 0.308 e. The fourth-order valence-corrected chi connectivity index (χ4v) is 2.91. The van der Waals surface area contributed by atoms with Crippen molar-refractivity contribution in [2.45, 2.75) is 6.92 Å². The first kappa shape index (κ1) is 15.5. The van der Waals surface area contributed by atoms with Gasteiger partial charge in [0, 0.05) is 22.9 Å². The first-order valence-electron chi connectivity index (χ1n) is 7.47. The predicted octanol–water partition coefficient (Wildman–Crippen LogP) is 3.71. The van der Waals surface area contributed by atoms with Gasteiger partial charge in [0.05, 0.1) is 5.52 Å². The van der Waals surface area contributed by atoms with Gasteiger partial charge in [0.1, 0.15) is 5.69 Å². The maximum absolute atomic E-state index is 13.0. The number of carbonyl (C=O) groups is 2. The highest BCUT2D eigenvalue weighted by Crippen LogP contribution is 2.36. The summed E-state index contributed by atoms with van der Waals surface area (Å²) in [6, 6.07) is 9.93. The number of nitrogens with one attached hydrogen (secondary N) is 1. The lowest BCUT2D eigenvalue weighted by atomic mass is 10.1. The number of fused-ring (bicyclic) bond motifs is 2. The summed E-state index contributed by atoms with van der Waals surface area (Å²) in [4.78, 5) is 27.4. The molecule has 1 N–H and O–H groups in total. The van der Waals surface area contributed by atoms with Gasteiger partial charge in [0.15, 0.2) is 17.2 Å². The predicted molar refractivity (Wildman–Crippen MR) is 90.6 cm³/mol. The van der Waals surface area contributed by atoms with Gasteiger partial charge in [-0.25, -0.2) is 0 Å². The molecule has 2 heterocycles. The van der Waals surface area contributed by atoms with E-state index in [1.165, 1.54) is 6.92 Å². The molecule has 6 nitrogen and oxygen atoms in total. The van der Waals surface area contributed by atoms with Crippen LogP contribution < -0.4 is 14.2 Å². The van der Waals surface area contributed by atoms with Crippen molar-refractivity contribution >= 4 is 34.3 Å². The first-order chi connectivity index (χ1) is 12.0. The lowest BCUT2D eigenvalue weighted by Crippen LogP contribution is -2.08. The summed E-state index contributed by atoms with van der Waals surface area (Å²) in [5, 5.41) is 1.11. The Morgan fingerprint density at radius 1 is 1.12 bits per heavy atom. The topological polar surface area (TPSA) is 77.6 Å². The van der Waals surface area contributed by atoms with E-state index >= 15 is 0 Å². The van der Waals surface area contributed by atoms with E-state index in [9.17, 15) is 9.59 Å². The third-order valence-corrected chi connectivity index (χ3v) is 4.06. The Bertz CT molecular complexity index is 1020. The van der Waals surface area contributed by atoms with E-state index in [-0.39, 0.29) is 24.0 Å². The van der Waals surface area contributed by atoms with Crippen LogP contribution in [-0.2, 0) is 4.79 Å². The number of ketones is 1. The summed E-state index contributed by atoms with van der Waals surface area (Å²) in [6.45, 7) is 1.40. The van der Waals surface area contributed by atoms with E-state index < -0.39 is 5.97 Å². The molecule has 0 saturated carbocycles. The number of carbonyl (C=O) groups excluding carboxylic acids is 2. The minimum absolute atomic E-state index is 0.122. The summed E-state index contributed by atoms with van der Waals surface area (Å²) in [5.41, 5.74) is 1.16. The normalized spacial score (nSPS) is 12.4. The van der Waals surface area contributed by atoms with Crippen molar-refractivity contribution in [1.82, 2.24) is 4.98 Å². The van der Waals surface area contributed by atoms with Crippen LogP contribution in [-0.4, -0.2) is 23.5 Å². The molecule has 0 bridgehead atoms. The Morgan fingerprint density at radius 2 is 1.92 bits per heavy atom. The van der Waals surface area contributed by atoms with Crippen LogP contribution in [0.3, 0.4) is 0 Å². The Hall–Kier alpha value is -2.99. The lowest BCUT2D eigenvalue weighted by Gasteiger charge is -2.05. The highest BCUT2D eigenvalue weighted by atomic mass is 35.5. The molecule has 0 aliphatic carbocycles. The molecule has 2 aromatic carbocycles. The molecule has 1 aromatic heterocycles. The number of benzene rings is 2. The van der Waals surface area contributed by atoms with Crippen molar-refractivity contribution in [2.24, 2.45) is 0 Å². The molecule has 0 saturated heterocycles. The van der Waals surface area contributed by atoms with Gasteiger partial charge in [-0.1, -0.05) is 11.6 Å². The molecular weight excluding hydrogens is 346 g/mol. The lowest BCUT2D eigenvalue weighted by molar-refractivity contribution is -0.131. The van der Waals surface area contributed by atoms with Gasteiger partial charge < -0.3 is 19.2 Å². The van der Waals surface area contributed by atoms with Crippen molar-refractivity contribution in [3.8, 4) is 17.2 Å². The molecule has 1 aliphatic heterocycles. The van der Waals surface area contributed by atoms with E-state index in [0.29, 0.717) is 33.0 Å². The van der Waals surface area contributed by atoms with E-state index in [1.54, 1.807) is 36.4 Å². The Morgan fingerprint density at radius 3 is 2.72 bits per heavy atom. The molecule has 0 atom stereocenters. The number of rotatable bonds is 3. The molecule has 0 spiro atoms. The summed E-state index contributed by atoms with van der Waals surface area (Å²) < 4.78 is 15.8. The van der Waals surface area contributed by atoms with Gasteiger partial charge in [-0.15, -0.1) is 0 Å². The summed E-state index contributed by atoms with van der Waals surface area (Å²) in [6.07, 6.45) is 0. The molecule has 0 radical (unpaired) electrons. The van der Waals surface area contributed by atoms with Crippen LogP contribution in [0.4, 0.5) is 0 Å². The van der Waals surface area contributed by atoms with E-state index in [0.717, 1.165) is 0 Å². The van der Waals surface area contributed by atoms with E-state index in [1.807, 2.05) is 0 Å². The maximum atomic E-state index is 13.0. The standard InChI is InChI=1S/C18H12ClNO5/c1-9(21)25-18-12-4-3-11(19)7-13(12)20-16(18)17(22)10-2-5-14-15(6-10)24-8-23-14/h2-7,20H,8H2,1H3. The molecule has 0 unspecified atom stereocenters. The summed E-state index contributed by atoms with van der Waals surface area (Å²) in [5.74, 6) is 0.415. The van der Waals surface area contributed by atoms with E-state index in [2.05, 4.69) is 4.98 Å². The Labute approximate surface area is 147 Å². The molecule has 0 amide bonds. The summed E-state index contributed by atoms with van der Waals surface area (Å²) >= 11 is 6.00. The van der Waals surface area contributed by atoms with Crippen LogP contribution >= 0.6 is 11.6 Å². The third-order valence-electron chi connectivity index (χ3n) is 3.82. The number of H-pyrrole nitrogens is 1. The molecule has 0 fully saturated rings. The number of esters is 1. The van der Waals surface area contributed by atoms with Crippen LogP contribution in [0, 0.1) is 0 Å². The zero-order valence-corrected chi connectivity index (χ0v) is 13.8. The highest BCUT2D eigenvalue weighted by molar-refractivity contribution is 6.31. The fraction of sp³-hybridized carbons (Fsp3) is 0.111. The summed E-state index contributed by atoms with van der Waals surface area (Å²) in [7, 11) is 0. The number of hydrogen-bond donors (Lipinski definition) is 1. The quantitative estimate of drug-likeness (QED) is 0.571. The number of aromatic amines is 1. The molecule has 126 valence electrons. The first-order valence-corrected chi connectivity index (χ1v) is 7.85. The second-order valence-electron chi connectivity index (χ2n) is 5.51. The van der Waals surface area contributed by atoms with Crippen molar-refractivity contribution < 1.29 is 23.8 Å². The average Bonchev–Trinajstić information content (AvgIpc) is 3.17. The fourth-order valence-electron chi connectivity index (χ4n) is 2.74. The Balaban J connectivity index is 1.84. The van der Waals surface area contributed by atoms with Gasteiger partial charge in [0.2, 0.25) is 12.6 Å². The second kappa shape index (κ2) is 5.82. The van der Waals surface area contributed by atoms with Crippen molar-refractivity contribution in [1.29, 1.82) is 0 Å². The van der Waals surface area contributed by atoms with Gasteiger partial charge in [-0.2, -0.15) is 0 Å². The number of ether oxygens (including phenoxy) is 3. The van der Waals surface area contributed by atoms with Crippen molar-refractivity contribution in [2.75, 3.05) is 6.79 Å². The number of halogens is 1. The van der Waals surface area contributed by atoms with Gasteiger partial charge in [0.25, 0.3) is 0 Å². The SMILES string of the molecule is CC(=O)Oc1c(C(=O)c2ccc3c(c2)OCO3)[nH]c2cc(Cl)ccc12. The zero-order valence-electron chi connectivity index (χ0n) is 13.1. The minimum atomic E-state index is -0.518. The highest BCUT2D eigenvalue weighted by Gasteiger charge is 2.24. The smallest absolute Gasteiger partial charge is 0.308 e. The minimum Gasteiger partial charge on any atom is -0.454 e. The van der Waals surface area contributed by atoms with E-state index in [4.69, 9.17) is 25.8 Å². The Kier molecular flexibility index (Phi) is 3.62. The largest absolute Gasteiger partial charge is 0.454 e. The zero-order chi connectivity index (χ0) is 17.6. The van der Waals surface area contributed by atoms with Crippen molar-refractivity contribution in [3.63, 3.8) is 0 Å². The molecule has 4 rings (SSSR count). The molecular formula is C18H12ClNO5. The molecule has 1 aliphatic rings. The molecule has 25 heavy (non-hydrogen) atoms. The van der Waals surface area contributed by atoms with Crippen LogP contribution in [0.5, 0.6) is 17.2 Å². The monoisotopic (exact) mass is 357 g/mol. The van der Waals surface area contributed by atoms with Gasteiger partial charge >= 0.3 is 5.97 Å². The van der Waals surface area contributed by atoms with Crippen LogP contribution in [0.2, 0.25) is 5.02 Å². The second-order valence-corrected chi connectivity index (χ2v) is 5.95. The van der Waals surface area contributed by atoms with Crippen LogP contribution in [0.25, 0.3) is 10.9 Å². The molecule has 7 heteroatoms. The average molecular weight is 358 g/mol. The molecule has 3 aromatic rings. The van der Waals surface area contributed by atoms with Gasteiger partial charge in [-0.05, 0) is 36.4 Å². The van der Waals surface area contributed by atoms with Crippen LogP contribution in [0.1, 0.15) is 23.0 Å². The van der Waals surface area contributed by atoms with Crippen molar-refractivity contribution in [3.05, 3.63) is 52.7 Å². The number of aromatic nitrogens is 1. The van der Waals surface area contributed by atoms with Crippen LogP contribution in [0.15, 0.2) is 36.4 Å². The van der Waals surface area contributed by atoms with Gasteiger partial charge in [-0.3, -0.25) is 9.59 Å².